The van der Waals surface area contributed by atoms with Gasteiger partial charge in [0.05, 0.1) is 12.7 Å². The molecule has 0 bridgehead atoms. The summed E-state index contributed by atoms with van der Waals surface area (Å²) in [5.74, 6) is 1.26. The molecule has 0 spiro atoms. The molecule has 0 fully saturated rings. The molecule has 1 aromatic heterocycles. The highest BCUT2D eigenvalue weighted by molar-refractivity contribution is 5.80. The van der Waals surface area contributed by atoms with Crippen LogP contribution in [0, 0.1) is 5.92 Å². The van der Waals surface area contributed by atoms with Crippen LogP contribution in [-0.4, -0.2) is 12.3 Å². The lowest BCUT2D eigenvalue weighted by molar-refractivity contribution is -0.119. The van der Waals surface area contributed by atoms with Crippen LogP contribution < -0.4 is 5.73 Å². The maximum atomic E-state index is 11.5. The number of furan rings is 1. The van der Waals surface area contributed by atoms with Gasteiger partial charge < -0.3 is 10.2 Å². The molecule has 0 aliphatic carbocycles. The van der Waals surface area contributed by atoms with Gasteiger partial charge in [0.25, 0.3) is 0 Å². The van der Waals surface area contributed by atoms with Crippen molar-refractivity contribution in [2.75, 3.05) is 6.54 Å². The van der Waals surface area contributed by atoms with Gasteiger partial charge in [-0.05, 0) is 24.6 Å². The standard InChI is InChI=1S/C11H17NO2/c1-2-9(8-12)6-10(13)7-11-4-3-5-14-11/h3-5,9H,2,6-8,12H2,1H3. The van der Waals surface area contributed by atoms with Crippen molar-refractivity contribution in [1.82, 2.24) is 0 Å². The molecule has 0 aliphatic heterocycles. The van der Waals surface area contributed by atoms with E-state index in [1.807, 2.05) is 6.07 Å². The van der Waals surface area contributed by atoms with Crippen LogP contribution in [0.3, 0.4) is 0 Å². The summed E-state index contributed by atoms with van der Waals surface area (Å²) in [7, 11) is 0. The van der Waals surface area contributed by atoms with Gasteiger partial charge in [0.1, 0.15) is 11.5 Å². The second-order valence-electron chi connectivity index (χ2n) is 3.51. The molecule has 1 unspecified atom stereocenters. The van der Waals surface area contributed by atoms with Crippen molar-refractivity contribution in [3.8, 4) is 0 Å². The van der Waals surface area contributed by atoms with Crippen molar-refractivity contribution in [2.45, 2.75) is 26.2 Å². The van der Waals surface area contributed by atoms with E-state index < -0.39 is 0 Å². The van der Waals surface area contributed by atoms with E-state index in [4.69, 9.17) is 10.2 Å². The second kappa shape index (κ2) is 5.60. The van der Waals surface area contributed by atoms with Gasteiger partial charge >= 0.3 is 0 Å². The van der Waals surface area contributed by atoms with E-state index in [0.717, 1.165) is 12.2 Å². The van der Waals surface area contributed by atoms with Crippen molar-refractivity contribution in [3.05, 3.63) is 24.2 Å². The Morgan fingerprint density at radius 1 is 1.64 bits per heavy atom. The lowest BCUT2D eigenvalue weighted by Crippen LogP contribution is -2.18. The lowest BCUT2D eigenvalue weighted by atomic mass is 9.98. The van der Waals surface area contributed by atoms with E-state index in [9.17, 15) is 4.79 Å². The SMILES string of the molecule is CCC(CN)CC(=O)Cc1ccco1. The summed E-state index contributed by atoms with van der Waals surface area (Å²) in [4.78, 5) is 11.5. The quantitative estimate of drug-likeness (QED) is 0.752. The van der Waals surface area contributed by atoms with E-state index >= 15 is 0 Å². The van der Waals surface area contributed by atoms with E-state index in [0.29, 0.717) is 25.3 Å². The van der Waals surface area contributed by atoms with Crippen LogP contribution in [0.2, 0.25) is 0 Å². The van der Waals surface area contributed by atoms with Gasteiger partial charge in [-0.1, -0.05) is 13.3 Å². The molecule has 0 saturated heterocycles. The Balaban J connectivity index is 2.35. The molecule has 0 amide bonds. The number of ketones is 1. The Morgan fingerprint density at radius 2 is 2.43 bits per heavy atom. The first-order chi connectivity index (χ1) is 6.76. The molecule has 3 heteroatoms. The molecule has 3 nitrogen and oxygen atoms in total. The topological polar surface area (TPSA) is 56.2 Å². The summed E-state index contributed by atoms with van der Waals surface area (Å²) < 4.78 is 5.10. The molecule has 2 N–H and O–H groups in total. The lowest BCUT2D eigenvalue weighted by Gasteiger charge is -2.09. The maximum Gasteiger partial charge on any atom is 0.140 e. The zero-order chi connectivity index (χ0) is 10.4. The van der Waals surface area contributed by atoms with E-state index in [-0.39, 0.29) is 5.78 Å². The fourth-order valence-electron chi connectivity index (χ4n) is 1.40. The zero-order valence-electron chi connectivity index (χ0n) is 8.53. The van der Waals surface area contributed by atoms with Crippen molar-refractivity contribution in [1.29, 1.82) is 0 Å². The Kier molecular flexibility index (Phi) is 4.40. The molecule has 1 rings (SSSR count). The zero-order valence-corrected chi connectivity index (χ0v) is 8.53. The summed E-state index contributed by atoms with van der Waals surface area (Å²) >= 11 is 0. The first kappa shape index (κ1) is 11.0. The van der Waals surface area contributed by atoms with Crippen molar-refractivity contribution in [3.63, 3.8) is 0 Å². The van der Waals surface area contributed by atoms with Crippen LogP contribution in [0.15, 0.2) is 22.8 Å². The smallest absolute Gasteiger partial charge is 0.140 e. The third-order valence-electron chi connectivity index (χ3n) is 2.38. The normalized spacial score (nSPS) is 12.7. The molecule has 1 aromatic rings. The summed E-state index contributed by atoms with van der Waals surface area (Å²) in [6.07, 6.45) is 3.50. The number of rotatable bonds is 6. The minimum Gasteiger partial charge on any atom is -0.469 e. The Labute approximate surface area is 84.3 Å². The van der Waals surface area contributed by atoms with Crippen LogP contribution >= 0.6 is 0 Å². The Morgan fingerprint density at radius 3 is 2.93 bits per heavy atom. The minimum atomic E-state index is 0.206. The molecule has 0 saturated carbocycles. The molecule has 0 aromatic carbocycles. The predicted molar refractivity (Wildman–Crippen MR) is 54.9 cm³/mol. The van der Waals surface area contributed by atoms with Gasteiger partial charge in [-0.2, -0.15) is 0 Å². The minimum absolute atomic E-state index is 0.206. The van der Waals surface area contributed by atoms with Gasteiger partial charge in [0.2, 0.25) is 0 Å². The number of hydrogen-bond acceptors (Lipinski definition) is 3. The molecular formula is C11H17NO2. The van der Waals surface area contributed by atoms with Crippen LogP contribution in [0.1, 0.15) is 25.5 Å². The van der Waals surface area contributed by atoms with E-state index in [2.05, 4.69) is 6.92 Å². The van der Waals surface area contributed by atoms with E-state index in [1.54, 1.807) is 12.3 Å². The Hall–Kier alpha value is -1.09. The predicted octanol–water partition coefficient (Wildman–Crippen LogP) is 1.77. The summed E-state index contributed by atoms with van der Waals surface area (Å²) in [6, 6.07) is 3.62. The van der Waals surface area contributed by atoms with Crippen molar-refractivity contribution in [2.24, 2.45) is 11.7 Å². The number of nitrogens with two attached hydrogens (primary N) is 1. The molecule has 1 heterocycles. The molecule has 0 aliphatic rings. The van der Waals surface area contributed by atoms with Crippen LogP contribution in [0.4, 0.5) is 0 Å². The molecule has 78 valence electrons. The van der Waals surface area contributed by atoms with Gasteiger partial charge in [0.15, 0.2) is 0 Å². The number of carbonyl (C=O) groups is 1. The first-order valence-corrected chi connectivity index (χ1v) is 5.00. The third-order valence-corrected chi connectivity index (χ3v) is 2.38. The maximum absolute atomic E-state index is 11.5. The van der Waals surface area contributed by atoms with Crippen LogP contribution in [0.25, 0.3) is 0 Å². The van der Waals surface area contributed by atoms with Gasteiger partial charge in [-0.15, -0.1) is 0 Å². The summed E-state index contributed by atoms with van der Waals surface area (Å²) in [5.41, 5.74) is 5.53. The van der Waals surface area contributed by atoms with Crippen molar-refractivity contribution >= 4 is 5.78 Å². The average molecular weight is 195 g/mol. The third kappa shape index (κ3) is 3.34. The Bertz CT molecular complexity index is 263. The second-order valence-corrected chi connectivity index (χ2v) is 3.51. The largest absolute Gasteiger partial charge is 0.469 e. The van der Waals surface area contributed by atoms with Gasteiger partial charge in [0, 0.05) is 6.42 Å². The highest BCUT2D eigenvalue weighted by Crippen LogP contribution is 2.10. The van der Waals surface area contributed by atoms with Crippen molar-refractivity contribution < 1.29 is 9.21 Å². The average Bonchev–Trinajstić information content (AvgIpc) is 2.66. The van der Waals surface area contributed by atoms with Gasteiger partial charge in [-0.3, -0.25) is 4.79 Å². The van der Waals surface area contributed by atoms with E-state index in [1.165, 1.54) is 0 Å². The number of hydrogen-bond donors (Lipinski definition) is 1. The summed E-state index contributed by atoms with van der Waals surface area (Å²) in [6.45, 7) is 2.64. The highest BCUT2D eigenvalue weighted by Gasteiger charge is 2.11. The molecule has 0 radical (unpaired) electrons. The number of carbonyl (C=O) groups excluding carboxylic acids is 1. The van der Waals surface area contributed by atoms with Crippen LogP contribution in [0.5, 0.6) is 0 Å². The van der Waals surface area contributed by atoms with Gasteiger partial charge in [-0.25, -0.2) is 0 Å². The molecule has 14 heavy (non-hydrogen) atoms. The van der Waals surface area contributed by atoms with Crippen LogP contribution in [-0.2, 0) is 11.2 Å². The fraction of sp³-hybridized carbons (Fsp3) is 0.545. The first-order valence-electron chi connectivity index (χ1n) is 5.00. The molecular weight excluding hydrogens is 178 g/mol. The number of Topliss-reactive ketones (excluding diaryl/α,β-unsaturated/α-hetero) is 1. The monoisotopic (exact) mass is 195 g/mol. The molecule has 1 atom stereocenters. The fourth-order valence-corrected chi connectivity index (χ4v) is 1.40. The highest BCUT2D eigenvalue weighted by atomic mass is 16.3. The summed E-state index contributed by atoms with van der Waals surface area (Å²) in [5, 5.41) is 0.